The molecule has 0 aliphatic heterocycles. The van der Waals surface area contributed by atoms with Gasteiger partial charge in [-0.25, -0.2) is 0 Å². The Kier molecular flexibility index (Phi) is 4.99. The third kappa shape index (κ3) is 2.99. The first-order valence-corrected chi connectivity index (χ1v) is 5.16. The second-order valence-electron chi connectivity index (χ2n) is 2.43. The summed E-state index contributed by atoms with van der Waals surface area (Å²) in [6, 6.07) is 11.6. The minimum atomic E-state index is 0.300. The van der Waals surface area contributed by atoms with E-state index in [0.29, 0.717) is 22.5 Å². The van der Waals surface area contributed by atoms with Gasteiger partial charge in [0, 0.05) is 12.4 Å². The predicted molar refractivity (Wildman–Crippen MR) is 53.9 cm³/mol. The van der Waals surface area contributed by atoms with Crippen molar-refractivity contribution >= 4 is 22.5 Å². The molecule has 2 aromatic rings. The Bertz CT molecular complexity index is 329. The van der Waals surface area contributed by atoms with Crippen molar-refractivity contribution in [2.45, 2.75) is 0 Å². The Morgan fingerprint density at radius 3 is 1.50 bits per heavy atom. The molecule has 0 bridgehead atoms. The maximum absolute atomic E-state index is 8.34. The molecule has 0 N–H and O–H groups in total. The van der Waals surface area contributed by atoms with E-state index in [9.17, 15) is 0 Å². The minimum absolute atomic E-state index is 0.300. The molecule has 3 nitrogen and oxygen atoms in total. The normalized spacial score (nSPS) is 8.57. The van der Waals surface area contributed by atoms with Gasteiger partial charge in [-0.15, -0.1) is 0 Å². The van der Waals surface area contributed by atoms with Gasteiger partial charge < -0.3 is 0 Å². The molecule has 2 radical (unpaired) electrons. The van der Waals surface area contributed by atoms with Crippen LogP contribution in [0.25, 0.3) is 11.4 Å². The molecule has 2 rings (SSSR count). The summed E-state index contributed by atoms with van der Waals surface area (Å²) in [6.07, 6.45) is 3.54. The molecule has 2 heterocycles. The fourth-order valence-corrected chi connectivity index (χ4v) is 1.03. The Morgan fingerprint density at radius 2 is 1.21 bits per heavy atom. The zero-order valence-corrected chi connectivity index (χ0v) is 10.3. The fraction of sp³-hybridized carbons (Fsp3) is 0. The average Bonchev–Trinajstić information content (AvgIpc) is 2.34. The zero-order chi connectivity index (χ0) is 10.2. The van der Waals surface area contributed by atoms with E-state index in [0.717, 1.165) is 11.4 Å². The van der Waals surface area contributed by atoms with Crippen molar-refractivity contribution in [3.63, 3.8) is 0 Å². The molecule has 0 fully saturated rings. The van der Waals surface area contributed by atoms with E-state index in [1.165, 1.54) is 0 Å². The van der Waals surface area contributed by atoms with Crippen LogP contribution in [0, 0.1) is 0 Å². The summed E-state index contributed by atoms with van der Waals surface area (Å²) in [5, 5.41) is 0. The number of rotatable bonds is 1. The van der Waals surface area contributed by atoms with Crippen molar-refractivity contribution in [2.24, 2.45) is 0 Å². The quantitative estimate of drug-likeness (QED) is 0.750. The number of pyridine rings is 2. The van der Waals surface area contributed by atoms with Crippen LogP contribution in [0.4, 0.5) is 0 Å². The van der Waals surface area contributed by atoms with Crippen molar-refractivity contribution in [3.05, 3.63) is 48.8 Å². The molecule has 0 spiro atoms. The van der Waals surface area contributed by atoms with Gasteiger partial charge in [-0.2, -0.15) is 0 Å². The van der Waals surface area contributed by atoms with Crippen molar-refractivity contribution in [1.29, 1.82) is 0 Å². The van der Waals surface area contributed by atoms with Gasteiger partial charge in [0.2, 0.25) is 0 Å². The van der Waals surface area contributed by atoms with Crippen LogP contribution in [0.2, 0.25) is 0 Å². The van der Waals surface area contributed by atoms with Gasteiger partial charge in [-0.05, 0) is 24.3 Å². The Hall–Kier alpha value is -1.10. The summed E-state index contributed by atoms with van der Waals surface area (Å²) < 4.78 is 8.34. The van der Waals surface area contributed by atoms with Crippen molar-refractivity contribution < 1.29 is 3.08 Å². The molecular formula is C10H8N2OSn. The van der Waals surface area contributed by atoms with E-state index >= 15 is 0 Å². The third-order valence-corrected chi connectivity index (χ3v) is 1.59. The number of hydrogen-bond acceptors (Lipinski definition) is 3. The molecule has 4 heteroatoms. The van der Waals surface area contributed by atoms with Gasteiger partial charge in [0.15, 0.2) is 0 Å². The molecule has 14 heavy (non-hydrogen) atoms. The van der Waals surface area contributed by atoms with E-state index in [-0.39, 0.29) is 0 Å². The number of hydrogen-bond donors (Lipinski definition) is 0. The van der Waals surface area contributed by atoms with Crippen LogP contribution in [0.15, 0.2) is 48.8 Å². The minimum Gasteiger partial charge on any atom is -0.255 e. The van der Waals surface area contributed by atoms with Gasteiger partial charge in [0.05, 0.1) is 11.4 Å². The Labute approximate surface area is 95.7 Å². The first-order valence-electron chi connectivity index (χ1n) is 4.00. The van der Waals surface area contributed by atoms with Crippen molar-refractivity contribution in [1.82, 2.24) is 9.97 Å². The smallest absolute Gasteiger partial charge is 0.0886 e. The molecule has 0 unspecified atom stereocenters. The standard InChI is InChI=1S/C10H8N2.O.Sn/c1-3-7-11-9(5-1)10-6-2-4-8-12-10;;/h1-8H;;. The van der Waals surface area contributed by atoms with Crippen LogP contribution in [-0.4, -0.2) is 32.5 Å². The largest absolute Gasteiger partial charge is 0.255 e. The van der Waals surface area contributed by atoms with Gasteiger partial charge in [0.25, 0.3) is 0 Å². The Morgan fingerprint density at radius 1 is 0.786 bits per heavy atom. The van der Waals surface area contributed by atoms with E-state index in [1.807, 2.05) is 36.4 Å². The molecular weight excluding hydrogens is 283 g/mol. The molecule has 0 saturated carbocycles. The maximum Gasteiger partial charge on any atom is 0.0886 e. The second kappa shape index (κ2) is 6.37. The number of nitrogens with zero attached hydrogens (tertiary/aromatic N) is 2. The molecule has 0 amide bonds. The Balaban J connectivity index is 0.000000461. The van der Waals surface area contributed by atoms with E-state index < -0.39 is 0 Å². The first-order chi connectivity index (χ1) is 6.97. The van der Waals surface area contributed by atoms with Gasteiger partial charge in [0.1, 0.15) is 0 Å². The molecule has 0 saturated heterocycles. The summed E-state index contributed by atoms with van der Waals surface area (Å²) in [6.45, 7) is 0. The van der Waals surface area contributed by atoms with Gasteiger partial charge in [-0.1, -0.05) is 12.1 Å². The van der Waals surface area contributed by atoms with E-state index in [1.54, 1.807) is 12.4 Å². The van der Waals surface area contributed by atoms with Crippen LogP contribution in [0.1, 0.15) is 0 Å². The molecule has 2 aromatic heterocycles. The van der Waals surface area contributed by atoms with Gasteiger partial charge >= 0.3 is 25.6 Å². The molecule has 0 aromatic carbocycles. The summed E-state index contributed by atoms with van der Waals surface area (Å²) in [5.74, 6) is 0. The van der Waals surface area contributed by atoms with E-state index in [2.05, 4.69) is 9.97 Å². The molecule has 0 aliphatic carbocycles. The molecule has 0 aliphatic rings. The van der Waals surface area contributed by atoms with Crippen LogP contribution < -0.4 is 0 Å². The number of aromatic nitrogens is 2. The van der Waals surface area contributed by atoms with Crippen LogP contribution >= 0.6 is 0 Å². The average molecular weight is 291 g/mol. The zero-order valence-electron chi connectivity index (χ0n) is 7.42. The van der Waals surface area contributed by atoms with Crippen molar-refractivity contribution in [3.8, 4) is 11.4 Å². The molecule has 68 valence electrons. The third-order valence-electron chi connectivity index (χ3n) is 1.59. The first kappa shape index (κ1) is 11.0. The van der Waals surface area contributed by atoms with Gasteiger partial charge in [-0.3, -0.25) is 9.97 Å². The maximum atomic E-state index is 8.34. The SMILES string of the molecule is [O]=[Sn].c1ccc(-c2ccccn2)nc1. The van der Waals surface area contributed by atoms with Crippen LogP contribution in [0.5, 0.6) is 0 Å². The van der Waals surface area contributed by atoms with E-state index in [4.69, 9.17) is 3.08 Å². The topological polar surface area (TPSA) is 42.9 Å². The van der Waals surface area contributed by atoms with Crippen LogP contribution in [0.3, 0.4) is 0 Å². The van der Waals surface area contributed by atoms with Crippen molar-refractivity contribution in [2.75, 3.05) is 0 Å². The fourth-order valence-electron chi connectivity index (χ4n) is 1.03. The summed E-state index contributed by atoms with van der Waals surface area (Å²) >= 11 is 0.300. The second-order valence-corrected chi connectivity index (χ2v) is 2.43. The monoisotopic (exact) mass is 292 g/mol. The summed E-state index contributed by atoms with van der Waals surface area (Å²) in [4.78, 5) is 8.37. The molecule has 0 atom stereocenters. The summed E-state index contributed by atoms with van der Waals surface area (Å²) in [7, 11) is 0. The summed E-state index contributed by atoms with van der Waals surface area (Å²) in [5.41, 5.74) is 1.83. The predicted octanol–water partition coefficient (Wildman–Crippen LogP) is 1.64. The van der Waals surface area contributed by atoms with Crippen LogP contribution in [-0.2, 0) is 3.08 Å².